The topological polar surface area (TPSA) is 82.6 Å². The Hall–Kier alpha value is -0.870. The molecule has 2 rings (SSSR count). The van der Waals surface area contributed by atoms with E-state index < -0.39 is 10.0 Å². The standard InChI is InChI=1S/C17H28N4O2S.HI/c1-13(2)21-24(22,23)12-16-8-6-15(7-9-16)11-20-17(18-3)19-10-14-4-5-14;/h6-9,13-14,21H,4-5,10-12H2,1-3H3,(H2,18,19,20);1H. The van der Waals surface area contributed by atoms with E-state index in [1.807, 2.05) is 38.1 Å². The quantitative estimate of drug-likeness (QED) is 0.303. The van der Waals surface area contributed by atoms with E-state index in [1.165, 1.54) is 12.8 Å². The monoisotopic (exact) mass is 480 g/mol. The van der Waals surface area contributed by atoms with Crippen molar-refractivity contribution >= 4 is 40.0 Å². The summed E-state index contributed by atoms with van der Waals surface area (Å²) in [5, 5.41) is 6.58. The van der Waals surface area contributed by atoms with Crippen LogP contribution in [0.3, 0.4) is 0 Å². The Balaban J connectivity index is 0.00000312. The lowest BCUT2D eigenvalue weighted by atomic mass is 10.1. The zero-order valence-electron chi connectivity index (χ0n) is 15.1. The normalized spacial score (nSPS) is 15.0. The van der Waals surface area contributed by atoms with Crippen LogP contribution < -0.4 is 15.4 Å². The average Bonchev–Trinajstić information content (AvgIpc) is 3.31. The lowest BCUT2D eigenvalue weighted by Gasteiger charge is -2.12. The Bertz CT molecular complexity index is 656. The van der Waals surface area contributed by atoms with Crippen molar-refractivity contribution in [1.82, 2.24) is 15.4 Å². The molecule has 1 aliphatic carbocycles. The van der Waals surface area contributed by atoms with Crippen molar-refractivity contribution < 1.29 is 8.42 Å². The van der Waals surface area contributed by atoms with Crippen molar-refractivity contribution in [2.24, 2.45) is 10.9 Å². The lowest BCUT2D eigenvalue weighted by Crippen LogP contribution is -2.37. The first-order chi connectivity index (χ1) is 11.4. The van der Waals surface area contributed by atoms with Gasteiger partial charge in [-0.15, -0.1) is 24.0 Å². The second-order valence-corrected chi connectivity index (χ2v) is 8.35. The lowest BCUT2D eigenvalue weighted by molar-refractivity contribution is 0.569. The fourth-order valence-corrected chi connectivity index (χ4v) is 3.78. The molecule has 0 unspecified atom stereocenters. The number of nitrogens with zero attached hydrogens (tertiary/aromatic N) is 1. The number of halogens is 1. The summed E-state index contributed by atoms with van der Waals surface area (Å²) in [5.41, 5.74) is 1.87. The Morgan fingerprint density at radius 1 is 1.16 bits per heavy atom. The molecule has 0 aromatic heterocycles. The van der Waals surface area contributed by atoms with Gasteiger partial charge in [-0.1, -0.05) is 24.3 Å². The smallest absolute Gasteiger partial charge is 0.216 e. The SMILES string of the molecule is CN=C(NCc1ccc(CS(=O)(=O)NC(C)C)cc1)NCC1CC1.I. The van der Waals surface area contributed by atoms with Crippen molar-refractivity contribution in [3.8, 4) is 0 Å². The summed E-state index contributed by atoms with van der Waals surface area (Å²) in [6, 6.07) is 7.52. The maximum atomic E-state index is 11.9. The van der Waals surface area contributed by atoms with Gasteiger partial charge in [-0.25, -0.2) is 13.1 Å². The Morgan fingerprint density at radius 3 is 2.28 bits per heavy atom. The second kappa shape index (κ2) is 10.3. The van der Waals surface area contributed by atoms with Crippen LogP contribution >= 0.6 is 24.0 Å². The van der Waals surface area contributed by atoms with Gasteiger partial charge in [0.05, 0.1) is 5.75 Å². The minimum atomic E-state index is -3.28. The van der Waals surface area contributed by atoms with Gasteiger partial charge in [-0.05, 0) is 43.7 Å². The molecule has 1 aromatic carbocycles. The summed E-state index contributed by atoms with van der Waals surface area (Å²) in [6.45, 7) is 5.26. The van der Waals surface area contributed by atoms with Crippen molar-refractivity contribution in [2.45, 2.75) is 45.0 Å². The first-order valence-electron chi connectivity index (χ1n) is 8.40. The molecule has 0 amide bonds. The molecular weight excluding hydrogens is 451 g/mol. The zero-order valence-corrected chi connectivity index (χ0v) is 18.2. The van der Waals surface area contributed by atoms with E-state index in [4.69, 9.17) is 0 Å². The summed E-state index contributed by atoms with van der Waals surface area (Å²) < 4.78 is 26.5. The molecule has 0 spiro atoms. The highest BCUT2D eigenvalue weighted by Gasteiger charge is 2.21. The van der Waals surface area contributed by atoms with E-state index in [1.54, 1.807) is 7.05 Å². The van der Waals surface area contributed by atoms with E-state index >= 15 is 0 Å². The fourth-order valence-electron chi connectivity index (χ4n) is 2.34. The van der Waals surface area contributed by atoms with E-state index in [0.717, 1.165) is 29.5 Å². The van der Waals surface area contributed by atoms with Crippen LogP contribution in [0.2, 0.25) is 0 Å². The van der Waals surface area contributed by atoms with Gasteiger partial charge in [0.25, 0.3) is 0 Å². The number of sulfonamides is 1. The number of benzene rings is 1. The van der Waals surface area contributed by atoms with Gasteiger partial charge in [-0.2, -0.15) is 0 Å². The number of hydrogen-bond acceptors (Lipinski definition) is 3. The van der Waals surface area contributed by atoms with Gasteiger partial charge < -0.3 is 10.6 Å². The molecule has 0 heterocycles. The Morgan fingerprint density at radius 2 is 1.76 bits per heavy atom. The molecule has 1 aromatic rings. The largest absolute Gasteiger partial charge is 0.356 e. The molecule has 0 aliphatic heterocycles. The number of rotatable bonds is 8. The average molecular weight is 480 g/mol. The highest BCUT2D eigenvalue weighted by molar-refractivity contribution is 14.0. The minimum Gasteiger partial charge on any atom is -0.356 e. The predicted molar refractivity (Wildman–Crippen MR) is 114 cm³/mol. The van der Waals surface area contributed by atoms with Crippen LogP contribution in [-0.4, -0.2) is 34.0 Å². The highest BCUT2D eigenvalue weighted by Crippen LogP contribution is 2.27. The van der Waals surface area contributed by atoms with E-state index in [2.05, 4.69) is 20.3 Å². The van der Waals surface area contributed by atoms with E-state index in [0.29, 0.717) is 6.54 Å². The van der Waals surface area contributed by atoms with Crippen molar-refractivity contribution in [3.63, 3.8) is 0 Å². The van der Waals surface area contributed by atoms with Crippen molar-refractivity contribution in [3.05, 3.63) is 35.4 Å². The van der Waals surface area contributed by atoms with Gasteiger partial charge in [0, 0.05) is 26.2 Å². The Labute approximate surface area is 168 Å². The summed E-state index contributed by atoms with van der Waals surface area (Å²) in [7, 11) is -1.52. The van der Waals surface area contributed by atoms with Gasteiger partial charge >= 0.3 is 0 Å². The van der Waals surface area contributed by atoms with Crippen LogP contribution in [0.15, 0.2) is 29.3 Å². The van der Waals surface area contributed by atoms with Gasteiger partial charge in [-0.3, -0.25) is 4.99 Å². The van der Waals surface area contributed by atoms with Gasteiger partial charge in [0.1, 0.15) is 0 Å². The van der Waals surface area contributed by atoms with E-state index in [9.17, 15) is 8.42 Å². The van der Waals surface area contributed by atoms with Crippen LogP contribution in [0.1, 0.15) is 37.8 Å². The van der Waals surface area contributed by atoms with E-state index in [-0.39, 0.29) is 35.8 Å². The number of nitrogens with one attached hydrogen (secondary N) is 3. The third-order valence-corrected chi connectivity index (χ3v) is 5.28. The molecule has 1 fully saturated rings. The molecule has 142 valence electrons. The van der Waals surface area contributed by atoms with Crippen molar-refractivity contribution in [1.29, 1.82) is 0 Å². The first kappa shape index (κ1) is 22.2. The van der Waals surface area contributed by atoms with Crippen molar-refractivity contribution in [2.75, 3.05) is 13.6 Å². The van der Waals surface area contributed by atoms with Gasteiger partial charge in [0.2, 0.25) is 10.0 Å². The number of hydrogen-bond donors (Lipinski definition) is 3. The minimum absolute atomic E-state index is 0. The molecule has 1 saturated carbocycles. The van der Waals surface area contributed by atoms with Crippen LogP contribution in [0, 0.1) is 5.92 Å². The second-order valence-electron chi connectivity index (χ2n) is 6.60. The fraction of sp³-hybridized carbons (Fsp3) is 0.588. The maximum Gasteiger partial charge on any atom is 0.216 e. The van der Waals surface area contributed by atoms with Crippen LogP contribution in [0.4, 0.5) is 0 Å². The maximum absolute atomic E-state index is 11.9. The van der Waals surface area contributed by atoms with Crippen LogP contribution in [0.25, 0.3) is 0 Å². The summed E-state index contributed by atoms with van der Waals surface area (Å²) >= 11 is 0. The molecule has 0 atom stereocenters. The molecule has 3 N–H and O–H groups in total. The molecule has 0 bridgehead atoms. The molecule has 1 aliphatic rings. The predicted octanol–water partition coefficient (Wildman–Crippen LogP) is 2.21. The summed E-state index contributed by atoms with van der Waals surface area (Å²) in [5.74, 6) is 1.60. The molecule has 0 radical (unpaired) electrons. The summed E-state index contributed by atoms with van der Waals surface area (Å²) in [6.07, 6.45) is 2.61. The molecular formula is C17H29IN4O2S. The third kappa shape index (κ3) is 8.87. The molecule has 25 heavy (non-hydrogen) atoms. The number of aliphatic imine (C=N–C) groups is 1. The van der Waals surface area contributed by atoms with Gasteiger partial charge in [0.15, 0.2) is 5.96 Å². The molecule has 0 saturated heterocycles. The first-order valence-corrected chi connectivity index (χ1v) is 10.1. The van der Waals surface area contributed by atoms with Crippen LogP contribution in [0.5, 0.6) is 0 Å². The van der Waals surface area contributed by atoms with Crippen LogP contribution in [-0.2, 0) is 22.3 Å². The molecule has 6 nitrogen and oxygen atoms in total. The third-order valence-electron chi connectivity index (χ3n) is 3.73. The Kier molecular flexibility index (Phi) is 9.15. The summed E-state index contributed by atoms with van der Waals surface area (Å²) in [4.78, 5) is 4.20. The zero-order chi connectivity index (χ0) is 17.6. The number of guanidine groups is 1. The molecule has 8 heteroatoms. The highest BCUT2D eigenvalue weighted by atomic mass is 127.